The quantitative estimate of drug-likeness (QED) is 0.306. The third-order valence-corrected chi connectivity index (χ3v) is 4.71. The van der Waals surface area contributed by atoms with Crippen LogP contribution in [-0.2, 0) is 19.1 Å². The molecule has 0 unspecified atom stereocenters. The molecule has 0 saturated heterocycles. The second-order valence-electron chi connectivity index (χ2n) is 7.16. The summed E-state index contributed by atoms with van der Waals surface area (Å²) in [6, 6.07) is 22.0. The number of hydrogen-bond donors (Lipinski definition) is 3. The van der Waals surface area contributed by atoms with Crippen LogP contribution in [0.4, 0.5) is 5.69 Å². The van der Waals surface area contributed by atoms with Gasteiger partial charge in [-0.15, -0.1) is 0 Å². The molecule has 3 aromatic carbocycles. The van der Waals surface area contributed by atoms with Crippen LogP contribution in [0.1, 0.15) is 23.2 Å². The number of rotatable bonds is 9. The largest absolute Gasteiger partial charge is 0.457 e. The number of anilines is 1. The smallest absolute Gasteiger partial charge is 0.306 e. The van der Waals surface area contributed by atoms with Gasteiger partial charge in [-0.3, -0.25) is 30.0 Å². The molecule has 3 N–H and O–H groups in total. The van der Waals surface area contributed by atoms with Crippen molar-refractivity contribution in [3.63, 3.8) is 0 Å². The Morgan fingerprint density at radius 1 is 0.714 bits per heavy atom. The van der Waals surface area contributed by atoms with Gasteiger partial charge in [0.15, 0.2) is 6.61 Å². The van der Waals surface area contributed by atoms with E-state index in [2.05, 4.69) is 16.2 Å². The van der Waals surface area contributed by atoms with E-state index >= 15 is 0 Å². The standard InChI is InChI=1S/C25H22ClN3O6/c26-18-8-6-17(7-9-18)25(33)29-28-22(30)14-15-24(32)34-16-23(31)27-19-10-12-21(13-11-19)35-20-4-2-1-3-5-20/h1-13H,14-16H2,(H,27,31)(H,28,30)(H,29,33). The van der Waals surface area contributed by atoms with Gasteiger partial charge in [-0.25, -0.2) is 0 Å². The van der Waals surface area contributed by atoms with E-state index in [4.69, 9.17) is 21.1 Å². The van der Waals surface area contributed by atoms with Crippen LogP contribution in [0.5, 0.6) is 11.5 Å². The first kappa shape index (κ1) is 25.3. The van der Waals surface area contributed by atoms with Crippen LogP contribution in [0.2, 0.25) is 5.02 Å². The molecule has 0 heterocycles. The number of esters is 1. The topological polar surface area (TPSA) is 123 Å². The van der Waals surface area contributed by atoms with Crippen LogP contribution in [0, 0.1) is 0 Å². The molecule has 3 rings (SSSR count). The van der Waals surface area contributed by atoms with Crippen molar-refractivity contribution in [2.75, 3.05) is 11.9 Å². The zero-order valence-electron chi connectivity index (χ0n) is 18.5. The van der Waals surface area contributed by atoms with Crippen molar-refractivity contribution in [3.8, 4) is 11.5 Å². The molecule has 0 saturated carbocycles. The van der Waals surface area contributed by atoms with Gasteiger partial charge < -0.3 is 14.8 Å². The maximum atomic E-state index is 12.0. The molecular formula is C25H22ClN3O6. The number of carbonyl (C=O) groups excluding carboxylic acids is 4. The van der Waals surface area contributed by atoms with Gasteiger partial charge >= 0.3 is 5.97 Å². The first-order valence-electron chi connectivity index (χ1n) is 10.5. The zero-order chi connectivity index (χ0) is 25.0. The van der Waals surface area contributed by atoms with Crippen LogP contribution in [0.25, 0.3) is 0 Å². The number of nitrogens with one attached hydrogen (secondary N) is 3. The van der Waals surface area contributed by atoms with Gasteiger partial charge in [0, 0.05) is 22.7 Å². The Hall–Kier alpha value is -4.37. The summed E-state index contributed by atoms with van der Waals surface area (Å²) in [5.41, 5.74) is 5.24. The van der Waals surface area contributed by atoms with Crippen LogP contribution < -0.4 is 20.9 Å². The van der Waals surface area contributed by atoms with E-state index in [0.717, 1.165) is 0 Å². The normalized spacial score (nSPS) is 10.1. The summed E-state index contributed by atoms with van der Waals surface area (Å²) in [4.78, 5) is 47.6. The highest BCUT2D eigenvalue weighted by molar-refractivity contribution is 6.30. The molecule has 0 aromatic heterocycles. The van der Waals surface area contributed by atoms with E-state index in [-0.39, 0.29) is 12.8 Å². The number of benzene rings is 3. The first-order chi connectivity index (χ1) is 16.9. The minimum absolute atomic E-state index is 0.232. The molecule has 10 heteroatoms. The lowest BCUT2D eigenvalue weighted by molar-refractivity contribution is -0.148. The van der Waals surface area contributed by atoms with Gasteiger partial charge in [0.05, 0.1) is 6.42 Å². The van der Waals surface area contributed by atoms with Crippen molar-refractivity contribution in [2.24, 2.45) is 0 Å². The number of amides is 3. The first-order valence-corrected chi connectivity index (χ1v) is 10.9. The monoisotopic (exact) mass is 495 g/mol. The molecule has 3 aromatic rings. The lowest BCUT2D eigenvalue weighted by Crippen LogP contribution is -2.41. The maximum Gasteiger partial charge on any atom is 0.306 e. The lowest BCUT2D eigenvalue weighted by atomic mass is 10.2. The summed E-state index contributed by atoms with van der Waals surface area (Å²) >= 11 is 5.76. The molecule has 0 aliphatic heterocycles. The molecule has 0 radical (unpaired) electrons. The Bertz CT molecular complexity index is 1170. The van der Waals surface area contributed by atoms with Crippen LogP contribution in [0.15, 0.2) is 78.9 Å². The summed E-state index contributed by atoms with van der Waals surface area (Å²) in [6.45, 7) is -0.504. The number of para-hydroxylation sites is 1. The highest BCUT2D eigenvalue weighted by Gasteiger charge is 2.12. The molecular weight excluding hydrogens is 474 g/mol. The van der Waals surface area contributed by atoms with Gasteiger partial charge in [0.2, 0.25) is 5.91 Å². The average Bonchev–Trinajstić information content (AvgIpc) is 2.87. The number of hydrazine groups is 1. The summed E-state index contributed by atoms with van der Waals surface area (Å²) in [7, 11) is 0. The van der Waals surface area contributed by atoms with Crippen molar-refractivity contribution in [2.45, 2.75) is 12.8 Å². The van der Waals surface area contributed by atoms with Gasteiger partial charge in [-0.05, 0) is 60.7 Å². The van der Waals surface area contributed by atoms with Gasteiger partial charge in [-0.1, -0.05) is 29.8 Å². The van der Waals surface area contributed by atoms with E-state index in [0.29, 0.717) is 27.8 Å². The Balaban J connectivity index is 1.31. The third kappa shape index (κ3) is 8.82. The summed E-state index contributed by atoms with van der Waals surface area (Å²) in [6.07, 6.45) is -0.494. The van der Waals surface area contributed by atoms with Gasteiger partial charge in [-0.2, -0.15) is 0 Å². The maximum absolute atomic E-state index is 12.0. The average molecular weight is 496 g/mol. The summed E-state index contributed by atoms with van der Waals surface area (Å²) in [5, 5.41) is 3.07. The molecule has 0 bridgehead atoms. The van der Waals surface area contributed by atoms with E-state index in [9.17, 15) is 19.2 Å². The molecule has 0 fully saturated rings. The van der Waals surface area contributed by atoms with Crippen molar-refractivity contribution < 1.29 is 28.7 Å². The van der Waals surface area contributed by atoms with Crippen molar-refractivity contribution in [1.82, 2.24) is 10.9 Å². The second-order valence-corrected chi connectivity index (χ2v) is 7.59. The second kappa shape index (κ2) is 12.8. The molecule has 3 amide bonds. The van der Waals surface area contributed by atoms with E-state index in [1.165, 1.54) is 12.1 Å². The van der Waals surface area contributed by atoms with Crippen molar-refractivity contribution in [1.29, 1.82) is 0 Å². The third-order valence-electron chi connectivity index (χ3n) is 4.46. The predicted octanol–water partition coefficient (Wildman–Crippen LogP) is 3.86. The molecule has 0 aliphatic rings. The van der Waals surface area contributed by atoms with E-state index in [1.807, 2.05) is 30.3 Å². The fourth-order valence-corrected chi connectivity index (χ4v) is 2.85. The van der Waals surface area contributed by atoms with Crippen LogP contribution in [-0.4, -0.2) is 30.3 Å². The SMILES string of the molecule is O=C(CCC(=O)OCC(=O)Nc1ccc(Oc2ccccc2)cc1)NNC(=O)c1ccc(Cl)cc1. The van der Waals surface area contributed by atoms with Gasteiger partial charge in [0.1, 0.15) is 11.5 Å². The number of ether oxygens (including phenoxy) is 2. The number of halogens is 1. The summed E-state index contributed by atoms with van der Waals surface area (Å²) in [5.74, 6) is -1.10. The van der Waals surface area contributed by atoms with Gasteiger partial charge in [0.25, 0.3) is 11.8 Å². The Labute approximate surface area is 206 Å². The Morgan fingerprint density at radius 3 is 2.06 bits per heavy atom. The molecule has 35 heavy (non-hydrogen) atoms. The molecule has 0 atom stereocenters. The van der Waals surface area contributed by atoms with Crippen molar-refractivity contribution >= 4 is 41.0 Å². The molecule has 0 spiro atoms. The summed E-state index contributed by atoms with van der Waals surface area (Å²) < 4.78 is 10.6. The van der Waals surface area contributed by atoms with Crippen molar-refractivity contribution in [3.05, 3.63) is 89.4 Å². The predicted molar refractivity (Wildman–Crippen MR) is 129 cm³/mol. The zero-order valence-corrected chi connectivity index (χ0v) is 19.2. The Kier molecular flexibility index (Phi) is 9.21. The minimum atomic E-state index is -0.731. The fraction of sp³-hybridized carbons (Fsp3) is 0.120. The highest BCUT2D eigenvalue weighted by atomic mass is 35.5. The number of hydrogen-bond acceptors (Lipinski definition) is 6. The Morgan fingerprint density at radius 2 is 1.37 bits per heavy atom. The lowest BCUT2D eigenvalue weighted by Gasteiger charge is -2.09. The molecule has 0 aliphatic carbocycles. The highest BCUT2D eigenvalue weighted by Crippen LogP contribution is 2.22. The van der Waals surface area contributed by atoms with Crippen LogP contribution in [0.3, 0.4) is 0 Å². The fourth-order valence-electron chi connectivity index (χ4n) is 2.72. The number of carbonyl (C=O) groups is 4. The minimum Gasteiger partial charge on any atom is -0.457 e. The molecule has 9 nitrogen and oxygen atoms in total. The van der Waals surface area contributed by atoms with E-state index in [1.54, 1.807) is 36.4 Å². The van der Waals surface area contributed by atoms with E-state index < -0.39 is 30.3 Å². The van der Waals surface area contributed by atoms with Crippen LogP contribution >= 0.6 is 11.6 Å². The molecule has 180 valence electrons.